The molecule has 2 amide bonds. The highest BCUT2D eigenvalue weighted by Gasteiger charge is 2.24. The van der Waals surface area contributed by atoms with Gasteiger partial charge in [-0.3, -0.25) is 14.9 Å². The lowest BCUT2D eigenvalue weighted by Crippen LogP contribution is -2.17. The number of nitrogens with one attached hydrogen (secondary N) is 2. The first-order valence-corrected chi connectivity index (χ1v) is 8.24. The molecule has 2 aromatic rings. The van der Waals surface area contributed by atoms with Crippen LogP contribution in [0.3, 0.4) is 0 Å². The first kappa shape index (κ1) is 16.8. The molecule has 3 rings (SSSR count). The van der Waals surface area contributed by atoms with E-state index in [1.807, 2.05) is 24.3 Å². The summed E-state index contributed by atoms with van der Waals surface area (Å²) in [5, 5.41) is 14.0. The minimum atomic E-state index is -0.944. The molecule has 0 aromatic heterocycles. The fraction of sp³-hybridized carbons (Fsp3) is 0.0556. The number of imide groups is 1. The monoisotopic (exact) mass is 354 g/mol. The number of hydrogen-bond acceptors (Lipinski definition) is 5. The fourth-order valence-corrected chi connectivity index (χ4v) is 2.92. The predicted molar refractivity (Wildman–Crippen MR) is 96.3 cm³/mol. The molecule has 1 fully saturated rings. The van der Waals surface area contributed by atoms with Crippen molar-refractivity contribution in [3.8, 4) is 0 Å². The highest BCUT2D eigenvalue weighted by atomic mass is 32.2. The van der Waals surface area contributed by atoms with Crippen LogP contribution in [0.4, 0.5) is 10.5 Å². The van der Waals surface area contributed by atoms with Crippen molar-refractivity contribution in [3.63, 3.8) is 0 Å². The number of carboxylic acid groups (broad SMARTS) is 1. The molecule has 1 heterocycles. The van der Waals surface area contributed by atoms with Gasteiger partial charge in [0.25, 0.3) is 11.1 Å². The summed E-state index contributed by atoms with van der Waals surface area (Å²) in [6, 6.07) is 14.1. The molecule has 0 saturated carbocycles. The van der Waals surface area contributed by atoms with Gasteiger partial charge in [0.1, 0.15) is 0 Å². The lowest BCUT2D eigenvalue weighted by Gasteiger charge is -2.07. The Morgan fingerprint density at radius 1 is 1.08 bits per heavy atom. The van der Waals surface area contributed by atoms with Gasteiger partial charge in [-0.1, -0.05) is 24.3 Å². The van der Waals surface area contributed by atoms with E-state index in [0.717, 1.165) is 28.6 Å². The van der Waals surface area contributed by atoms with Crippen LogP contribution >= 0.6 is 11.8 Å². The lowest BCUT2D eigenvalue weighted by molar-refractivity contribution is -0.115. The van der Waals surface area contributed by atoms with Crippen LogP contribution in [0.2, 0.25) is 0 Å². The third-order valence-electron chi connectivity index (χ3n) is 3.55. The molecule has 126 valence electrons. The molecular formula is C18H14N2O4S. The molecule has 1 aliphatic heterocycles. The molecule has 1 aliphatic rings. The summed E-state index contributed by atoms with van der Waals surface area (Å²) in [6.45, 7) is 0.563. The molecule has 3 N–H and O–H groups in total. The molecule has 0 unspecified atom stereocenters. The first-order valence-electron chi connectivity index (χ1n) is 7.42. The maximum absolute atomic E-state index is 11.5. The summed E-state index contributed by atoms with van der Waals surface area (Å²) in [4.78, 5) is 33.8. The predicted octanol–water partition coefficient (Wildman–Crippen LogP) is 3.32. The number of benzene rings is 2. The third-order valence-corrected chi connectivity index (χ3v) is 4.36. The van der Waals surface area contributed by atoms with Crippen LogP contribution in [-0.4, -0.2) is 22.2 Å². The summed E-state index contributed by atoms with van der Waals surface area (Å²) in [5.74, 6) is -1.32. The van der Waals surface area contributed by atoms with Gasteiger partial charge in [-0.25, -0.2) is 4.79 Å². The normalized spacial score (nSPS) is 15.3. The van der Waals surface area contributed by atoms with E-state index in [1.165, 1.54) is 0 Å². The van der Waals surface area contributed by atoms with Crippen LogP contribution in [0.5, 0.6) is 0 Å². The van der Waals surface area contributed by atoms with Crippen LogP contribution in [0.25, 0.3) is 6.08 Å². The Hall–Kier alpha value is -3.06. The summed E-state index contributed by atoms with van der Waals surface area (Å²) in [6.07, 6.45) is 1.67. The van der Waals surface area contributed by atoms with E-state index in [1.54, 1.807) is 30.3 Å². The van der Waals surface area contributed by atoms with Gasteiger partial charge in [0, 0.05) is 12.2 Å². The number of carbonyl (C=O) groups is 3. The first-order chi connectivity index (χ1) is 12.0. The Balaban J connectivity index is 1.61. The average molecular weight is 354 g/mol. The molecule has 0 spiro atoms. The van der Waals surface area contributed by atoms with Crippen molar-refractivity contribution >= 4 is 40.6 Å². The number of rotatable bonds is 5. The standard InChI is InChI=1S/C18H14N2O4S/c21-16-15(25-18(24)20-16)9-11-3-7-14(8-4-11)19-10-12-1-5-13(6-2-12)17(22)23/h1-9,19H,10H2,(H,22,23)(H,20,21,24)/b15-9-. The second-order valence-electron chi connectivity index (χ2n) is 5.33. The Morgan fingerprint density at radius 2 is 1.76 bits per heavy atom. The summed E-state index contributed by atoms with van der Waals surface area (Å²) in [5.41, 5.74) is 2.94. The molecule has 0 radical (unpaired) electrons. The minimum Gasteiger partial charge on any atom is -0.478 e. The van der Waals surface area contributed by atoms with Crippen molar-refractivity contribution in [2.45, 2.75) is 6.54 Å². The minimum absolute atomic E-state index is 0.258. The van der Waals surface area contributed by atoms with Crippen LogP contribution in [-0.2, 0) is 11.3 Å². The number of amides is 2. The summed E-state index contributed by atoms with van der Waals surface area (Å²) < 4.78 is 0. The number of carbonyl (C=O) groups excluding carboxylic acids is 2. The van der Waals surface area contributed by atoms with Crippen LogP contribution in [0, 0.1) is 0 Å². The van der Waals surface area contributed by atoms with E-state index >= 15 is 0 Å². The van der Waals surface area contributed by atoms with Crippen molar-refractivity contribution in [3.05, 3.63) is 70.1 Å². The van der Waals surface area contributed by atoms with Crippen molar-refractivity contribution < 1.29 is 19.5 Å². The van der Waals surface area contributed by atoms with Crippen molar-refractivity contribution in [2.75, 3.05) is 5.32 Å². The Kier molecular flexibility index (Phi) is 4.85. The van der Waals surface area contributed by atoms with Gasteiger partial charge in [0.05, 0.1) is 10.5 Å². The Morgan fingerprint density at radius 3 is 2.32 bits per heavy atom. The van der Waals surface area contributed by atoms with Crippen molar-refractivity contribution in [1.29, 1.82) is 0 Å². The third kappa shape index (κ3) is 4.27. The van der Waals surface area contributed by atoms with E-state index in [0.29, 0.717) is 11.4 Å². The van der Waals surface area contributed by atoms with Crippen molar-refractivity contribution in [2.24, 2.45) is 0 Å². The lowest BCUT2D eigenvalue weighted by atomic mass is 10.1. The molecule has 2 aromatic carbocycles. The smallest absolute Gasteiger partial charge is 0.335 e. The van der Waals surface area contributed by atoms with Gasteiger partial charge in [-0.05, 0) is 53.2 Å². The zero-order chi connectivity index (χ0) is 17.8. The van der Waals surface area contributed by atoms with Gasteiger partial charge < -0.3 is 10.4 Å². The van der Waals surface area contributed by atoms with E-state index in [2.05, 4.69) is 10.6 Å². The molecule has 1 saturated heterocycles. The number of aromatic carboxylic acids is 1. The van der Waals surface area contributed by atoms with Crippen LogP contribution in [0.15, 0.2) is 53.4 Å². The zero-order valence-electron chi connectivity index (χ0n) is 13.0. The van der Waals surface area contributed by atoms with E-state index < -0.39 is 5.97 Å². The van der Waals surface area contributed by atoms with E-state index in [9.17, 15) is 14.4 Å². The van der Waals surface area contributed by atoms with E-state index in [-0.39, 0.29) is 16.7 Å². The highest BCUT2D eigenvalue weighted by molar-refractivity contribution is 8.18. The molecule has 25 heavy (non-hydrogen) atoms. The summed E-state index contributed by atoms with van der Waals surface area (Å²) >= 11 is 0.887. The molecule has 0 atom stereocenters. The number of anilines is 1. The van der Waals surface area contributed by atoms with Crippen LogP contribution < -0.4 is 10.6 Å². The average Bonchev–Trinajstić information content (AvgIpc) is 2.92. The summed E-state index contributed by atoms with van der Waals surface area (Å²) in [7, 11) is 0. The van der Waals surface area contributed by atoms with E-state index in [4.69, 9.17) is 5.11 Å². The number of hydrogen-bond donors (Lipinski definition) is 3. The molecular weight excluding hydrogens is 340 g/mol. The van der Waals surface area contributed by atoms with Gasteiger partial charge in [0.15, 0.2) is 0 Å². The molecule has 0 aliphatic carbocycles. The number of carboxylic acids is 1. The largest absolute Gasteiger partial charge is 0.478 e. The topological polar surface area (TPSA) is 95.5 Å². The Labute approximate surface area is 147 Å². The fourth-order valence-electron chi connectivity index (χ4n) is 2.24. The Bertz CT molecular complexity index is 858. The van der Waals surface area contributed by atoms with Gasteiger partial charge in [-0.15, -0.1) is 0 Å². The maximum Gasteiger partial charge on any atom is 0.335 e. The maximum atomic E-state index is 11.5. The molecule has 6 nitrogen and oxygen atoms in total. The second-order valence-corrected chi connectivity index (χ2v) is 6.34. The number of thioether (sulfide) groups is 1. The highest BCUT2D eigenvalue weighted by Crippen LogP contribution is 2.25. The molecule has 0 bridgehead atoms. The van der Waals surface area contributed by atoms with Gasteiger partial charge in [0.2, 0.25) is 0 Å². The molecule has 7 heteroatoms. The zero-order valence-corrected chi connectivity index (χ0v) is 13.8. The quantitative estimate of drug-likeness (QED) is 0.713. The van der Waals surface area contributed by atoms with Gasteiger partial charge >= 0.3 is 5.97 Å². The van der Waals surface area contributed by atoms with Crippen molar-refractivity contribution in [1.82, 2.24) is 5.32 Å². The van der Waals surface area contributed by atoms with Gasteiger partial charge in [-0.2, -0.15) is 0 Å². The second kappa shape index (κ2) is 7.23. The SMILES string of the molecule is O=C1NC(=O)/C(=C/c2ccc(NCc3ccc(C(=O)O)cc3)cc2)S1. The van der Waals surface area contributed by atoms with Crippen LogP contribution in [0.1, 0.15) is 21.5 Å².